The van der Waals surface area contributed by atoms with Gasteiger partial charge in [-0.05, 0) is 24.3 Å². The Hall–Kier alpha value is -1.74. The number of aromatic nitrogens is 1. The maximum absolute atomic E-state index is 5.97. The van der Waals surface area contributed by atoms with E-state index >= 15 is 0 Å². The van der Waals surface area contributed by atoms with Gasteiger partial charge in [0, 0.05) is 6.20 Å². The van der Waals surface area contributed by atoms with Gasteiger partial charge in [0.05, 0.1) is 16.4 Å². The number of hydrogen-bond donors (Lipinski definition) is 1. The monoisotopic (exact) mass is 234 g/mol. The summed E-state index contributed by atoms with van der Waals surface area (Å²) in [5, 5.41) is 0.510. The minimum atomic E-state index is 0.356. The van der Waals surface area contributed by atoms with Crippen LogP contribution in [0, 0.1) is 0 Å². The summed E-state index contributed by atoms with van der Waals surface area (Å²) < 4.78 is 5.53. The third-order valence-corrected chi connectivity index (χ3v) is 2.39. The van der Waals surface area contributed by atoms with Crippen LogP contribution >= 0.6 is 11.6 Å². The summed E-state index contributed by atoms with van der Waals surface area (Å²) in [6.45, 7) is 0.356. The Balaban J connectivity index is 2.11. The fourth-order valence-corrected chi connectivity index (χ4v) is 1.54. The van der Waals surface area contributed by atoms with Crippen molar-refractivity contribution in [3.05, 3.63) is 53.3 Å². The molecule has 2 rings (SSSR count). The van der Waals surface area contributed by atoms with Crippen molar-refractivity contribution in [2.24, 2.45) is 0 Å². The van der Waals surface area contributed by atoms with Gasteiger partial charge in [-0.3, -0.25) is 4.98 Å². The summed E-state index contributed by atoms with van der Waals surface area (Å²) in [5.74, 6) is 0.509. The molecule has 1 aromatic carbocycles. The van der Waals surface area contributed by atoms with E-state index in [1.165, 1.54) is 0 Å². The van der Waals surface area contributed by atoms with Crippen LogP contribution in [0.15, 0.2) is 42.6 Å². The highest BCUT2D eigenvalue weighted by atomic mass is 35.5. The van der Waals surface area contributed by atoms with Crippen molar-refractivity contribution in [1.29, 1.82) is 0 Å². The van der Waals surface area contributed by atoms with Gasteiger partial charge in [-0.1, -0.05) is 23.7 Å². The summed E-state index contributed by atoms with van der Waals surface area (Å²) in [7, 11) is 0. The molecule has 0 aliphatic rings. The number of halogens is 1. The highest BCUT2D eigenvalue weighted by Gasteiger charge is 2.05. The second-order valence-electron chi connectivity index (χ2n) is 3.27. The Labute approximate surface area is 98.8 Å². The van der Waals surface area contributed by atoms with E-state index in [1.54, 1.807) is 24.4 Å². The van der Waals surface area contributed by atoms with Crippen LogP contribution in [0.3, 0.4) is 0 Å². The van der Waals surface area contributed by atoms with Crippen molar-refractivity contribution >= 4 is 17.3 Å². The van der Waals surface area contributed by atoms with E-state index in [0.29, 0.717) is 23.1 Å². The zero-order valence-corrected chi connectivity index (χ0v) is 9.32. The molecule has 4 heteroatoms. The van der Waals surface area contributed by atoms with Crippen LogP contribution in [0.2, 0.25) is 5.02 Å². The van der Waals surface area contributed by atoms with E-state index in [2.05, 4.69) is 4.98 Å². The Bertz CT molecular complexity index is 453. The summed E-state index contributed by atoms with van der Waals surface area (Å²) in [6, 6.07) is 10.9. The minimum Gasteiger partial charge on any atom is -0.484 e. The first-order valence-electron chi connectivity index (χ1n) is 4.84. The van der Waals surface area contributed by atoms with Crippen LogP contribution in [0.5, 0.6) is 5.75 Å². The summed E-state index contributed by atoms with van der Waals surface area (Å²) >= 11 is 5.97. The van der Waals surface area contributed by atoms with Crippen molar-refractivity contribution in [3.8, 4) is 5.75 Å². The van der Waals surface area contributed by atoms with Crippen LogP contribution in [-0.4, -0.2) is 4.98 Å². The minimum absolute atomic E-state index is 0.356. The average molecular weight is 235 g/mol. The average Bonchev–Trinajstić information content (AvgIpc) is 2.30. The molecule has 0 aliphatic heterocycles. The number of ether oxygens (including phenoxy) is 1. The predicted molar refractivity (Wildman–Crippen MR) is 64.4 cm³/mol. The number of nitrogens with two attached hydrogens (primary N) is 1. The lowest BCUT2D eigenvalue weighted by Gasteiger charge is -2.09. The fourth-order valence-electron chi connectivity index (χ4n) is 1.31. The molecule has 3 nitrogen and oxygen atoms in total. The van der Waals surface area contributed by atoms with Gasteiger partial charge in [-0.15, -0.1) is 0 Å². The largest absolute Gasteiger partial charge is 0.484 e. The van der Waals surface area contributed by atoms with Gasteiger partial charge in [-0.25, -0.2) is 0 Å². The number of benzene rings is 1. The normalized spacial score (nSPS) is 10.1. The van der Waals surface area contributed by atoms with Crippen LogP contribution in [0.4, 0.5) is 5.69 Å². The van der Waals surface area contributed by atoms with E-state index in [9.17, 15) is 0 Å². The maximum atomic E-state index is 5.97. The molecule has 1 heterocycles. The molecule has 0 fully saturated rings. The van der Waals surface area contributed by atoms with E-state index in [4.69, 9.17) is 22.1 Å². The van der Waals surface area contributed by atoms with Gasteiger partial charge < -0.3 is 10.5 Å². The van der Waals surface area contributed by atoms with E-state index < -0.39 is 0 Å². The van der Waals surface area contributed by atoms with Gasteiger partial charge in [-0.2, -0.15) is 0 Å². The molecule has 0 aliphatic carbocycles. The van der Waals surface area contributed by atoms with Crippen molar-refractivity contribution in [2.75, 3.05) is 5.73 Å². The third-order valence-electron chi connectivity index (χ3n) is 2.09. The number of rotatable bonds is 3. The van der Waals surface area contributed by atoms with E-state index in [1.807, 2.05) is 18.2 Å². The van der Waals surface area contributed by atoms with E-state index in [-0.39, 0.29) is 0 Å². The Morgan fingerprint density at radius 3 is 2.75 bits per heavy atom. The first kappa shape index (κ1) is 10.8. The molecular weight excluding hydrogens is 224 g/mol. The molecule has 0 spiro atoms. The zero-order chi connectivity index (χ0) is 11.4. The number of nitrogen functional groups attached to an aromatic ring is 1. The standard InChI is InChI=1S/C12H11ClN2O/c13-10-5-3-6-11(14)12(10)16-8-9-4-1-2-7-15-9/h1-7H,8,14H2. The van der Waals surface area contributed by atoms with Crippen molar-refractivity contribution in [1.82, 2.24) is 4.98 Å². The summed E-state index contributed by atoms with van der Waals surface area (Å²) in [5.41, 5.74) is 7.12. The number of anilines is 1. The van der Waals surface area contributed by atoms with Crippen LogP contribution < -0.4 is 10.5 Å². The molecule has 0 atom stereocenters. The number of pyridine rings is 1. The molecular formula is C12H11ClN2O. The van der Waals surface area contributed by atoms with Gasteiger partial charge in [0.25, 0.3) is 0 Å². The van der Waals surface area contributed by atoms with Crippen molar-refractivity contribution in [2.45, 2.75) is 6.61 Å². The van der Waals surface area contributed by atoms with Crippen LogP contribution in [-0.2, 0) is 6.61 Å². The summed E-state index contributed by atoms with van der Waals surface area (Å²) in [4.78, 5) is 4.14. The topological polar surface area (TPSA) is 48.1 Å². The Morgan fingerprint density at radius 2 is 2.06 bits per heavy atom. The number of para-hydroxylation sites is 1. The van der Waals surface area contributed by atoms with Crippen LogP contribution in [0.25, 0.3) is 0 Å². The molecule has 0 saturated heterocycles. The molecule has 82 valence electrons. The molecule has 0 radical (unpaired) electrons. The van der Waals surface area contributed by atoms with Gasteiger partial charge in [0.1, 0.15) is 6.61 Å². The molecule has 1 aromatic heterocycles. The molecule has 0 unspecified atom stereocenters. The highest BCUT2D eigenvalue weighted by Crippen LogP contribution is 2.30. The Morgan fingerprint density at radius 1 is 1.19 bits per heavy atom. The SMILES string of the molecule is Nc1cccc(Cl)c1OCc1ccccn1. The molecule has 0 bridgehead atoms. The molecule has 0 amide bonds. The number of hydrogen-bond acceptors (Lipinski definition) is 3. The van der Waals surface area contributed by atoms with Gasteiger partial charge >= 0.3 is 0 Å². The highest BCUT2D eigenvalue weighted by molar-refractivity contribution is 6.32. The molecule has 2 aromatic rings. The zero-order valence-electron chi connectivity index (χ0n) is 8.56. The lowest BCUT2D eigenvalue weighted by molar-refractivity contribution is 0.303. The second kappa shape index (κ2) is 4.86. The van der Waals surface area contributed by atoms with Crippen molar-refractivity contribution < 1.29 is 4.74 Å². The third kappa shape index (κ3) is 2.44. The quantitative estimate of drug-likeness (QED) is 0.831. The maximum Gasteiger partial charge on any atom is 0.161 e. The second-order valence-corrected chi connectivity index (χ2v) is 3.68. The summed E-state index contributed by atoms with van der Waals surface area (Å²) in [6.07, 6.45) is 1.72. The van der Waals surface area contributed by atoms with Crippen LogP contribution in [0.1, 0.15) is 5.69 Å². The predicted octanol–water partition coefficient (Wildman–Crippen LogP) is 2.90. The van der Waals surface area contributed by atoms with Crippen molar-refractivity contribution in [3.63, 3.8) is 0 Å². The molecule has 16 heavy (non-hydrogen) atoms. The van der Waals surface area contributed by atoms with Gasteiger partial charge in [0.15, 0.2) is 5.75 Å². The van der Waals surface area contributed by atoms with Gasteiger partial charge in [0.2, 0.25) is 0 Å². The van der Waals surface area contributed by atoms with E-state index in [0.717, 1.165) is 5.69 Å². The lowest BCUT2D eigenvalue weighted by Crippen LogP contribution is -2.00. The fraction of sp³-hybridized carbons (Fsp3) is 0.0833. The molecule has 2 N–H and O–H groups in total. The Kier molecular flexibility index (Phi) is 3.27. The number of nitrogens with zero attached hydrogens (tertiary/aromatic N) is 1. The first-order chi connectivity index (χ1) is 7.77. The first-order valence-corrected chi connectivity index (χ1v) is 5.22. The smallest absolute Gasteiger partial charge is 0.161 e. The molecule has 0 saturated carbocycles. The lowest BCUT2D eigenvalue weighted by atomic mass is 10.3.